The number of hydrogen-bond donors (Lipinski definition) is 0. The van der Waals surface area contributed by atoms with Gasteiger partial charge in [-0.15, -0.1) is 0 Å². The van der Waals surface area contributed by atoms with Gasteiger partial charge < -0.3 is 0 Å². The van der Waals surface area contributed by atoms with Gasteiger partial charge >= 0.3 is 0 Å². The third kappa shape index (κ3) is 6.18. The van der Waals surface area contributed by atoms with E-state index in [1.165, 1.54) is 0 Å². The van der Waals surface area contributed by atoms with Crippen molar-refractivity contribution >= 4 is 41.2 Å². The van der Waals surface area contributed by atoms with Crippen molar-refractivity contribution < 1.29 is 14.4 Å². The Balaban J connectivity index is 1.35. The lowest BCUT2D eigenvalue weighted by atomic mass is 10.0. The first-order chi connectivity index (χ1) is 21.1. The SMILES string of the molecule is O=C(c1ccccc1)c1ccc(P(c2ccc(C(=O)c3ccccc3)cc2)c2ccc(C(=O)c3ccccc3)cc2)cc1. The quantitative estimate of drug-likeness (QED) is 0.136. The van der Waals surface area contributed by atoms with Crippen molar-refractivity contribution in [1.29, 1.82) is 0 Å². The van der Waals surface area contributed by atoms with Crippen molar-refractivity contribution in [2.24, 2.45) is 0 Å². The molecule has 0 N–H and O–H groups in total. The van der Waals surface area contributed by atoms with E-state index in [1.807, 2.05) is 164 Å². The van der Waals surface area contributed by atoms with Gasteiger partial charge in [0.2, 0.25) is 0 Å². The summed E-state index contributed by atoms with van der Waals surface area (Å²) in [7, 11) is -1.04. The molecule has 0 spiro atoms. The van der Waals surface area contributed by atoms with E-state index in [4.69, 9.17) is 0 Å². The van der Waals surface area contributed by atoms with Crippen molar-refractivity contribution in [3.63, 3.8) is 0 Å². The molecule has 0 unspecified atom stereocenters. The zero-order valence-corrected chi connectivity index (χ0v) is 24.2. The minimum atomic E-state index is -1.04. The van der Waals surface area contributed by atoms with Crippen molar-refractivity contribution in [3.8, 4) is 0 Å². The molecular formula is C39H27O3P. The minimum Gasteiger partial charge on any atom is -0.289 e. The first kappa shape index (κ1) is 27.9. The summed E-state index contributed by atoms with van der Waals surface area (Å²) in [6, 6.07) is 51.1. The topological polar surface area (TPSA) is 51.2 Å². The van der Waals surface area contributed by atoms with E-state index >= 15 is 0 Å². The highest BCUT2D eigenvalue weighted by Gasteiger charge is 2.20. The Morgan fingerprint density at radius 1 is 0.279 bits per heavy atom. The molecule has 4 heteroatoms. The third-order valence-corrected chi connectivity index (χ3v) is 9.71. The second-order valence-corrected chi connectivity index (χ2v) is 12.3. The molecule has 0 atom stereocenters. The molecule has 0 aliphatic heterocycles. The van der Waals surface area contributed by atoms with Gasteiger partial charge in [0.25, 0.3) is 0 Å². The Bertz CT molecular complexity index is 1640. The molecule has 0 saturated carbocycles. The van der Waals surface area contributed by atoms with E-state index in [1.54, 1.807) is 0 Å². The maximum Gasteiger partial charge on any atom is 0.193 e. The molecule has 206 valence electrons. The lowest BCUT2D eigenvalue weighted by molar-refractivity contribution is 0.103. The summed E-state index contributed by atoms with van der Waals surface area (Å²) in [6.07, 6.45) is 0. The van der Waals surface area contributed by atoms with Gasteiger partial charge in [0.05, 0.1) is 0 Å². The van der Waals surface area contributed by atoms with E-state index in [0.29, 0.717) is 33.4 Å². The fourth-order valence-corrected chi connectivity index (χ4v) is 7.24. The monoisotopic (exact) mass is 574 g/mol. The molecule has 0 bridgehead atoms. The number of carbonyl (C=O) groups is 3. The number of ketones is 3. The van der Waals surface area contributed by atoms with Crippen LogP contribution in [0.5, 0.6) is 0 Å². The van der Waals surface area contributed by atoms with Crippen LogP contribution in [-0.2, 0) is 0 Å². The highest BCUT2D eigenvalue weighted by molar-refractivity contribution is 7.79. The van der Waals surface area contributed by atoms with Crippen LogP contribution < -0.4 is 15.9 Å². The molecule has 0 radical (unpaired) electrons. The molecular weight excluding hydrogens is 547 g/mol. The van der Waals surface area contributed by atoms with Crippen LogP contribution in [0.2, 0.25) is 0 Å². The second kappa shape index (κ2) is 12.7. The highest BCUT2D eigenvalue weighted by Crippen LogP contribution is 2.33. The third-order valence-electron chi connectivity index (χ3n) is 7.27. The normalized spacial score (nSPS) is 10.8. The van der Waals surface area contributed by atoms with Crippen LogP contribution in [0.3, 0.4) is 0 Å². The fraction of sp³-hybridized carbons (Fsp3) is 0. The Labute approximate surface area is 252 Å². The van der Waals surface area contributed by atoms with Gasteiger partial charge in [-0.25, -0.2) is 0 Å². The second-order valence-electron chi connectivity index (χ2n) is 10.1. The maximum atomic E-state index is 13.0. The summed E-state index contributed by atoms with van der Waals surface area (Å²) in [5, 5.41) is 3.18. The molecule has 0 saturated heterocycles. The van der Waals surface area contributed by atoms with Crippen molar-refractivity contribution in [3.05, 3.63) is 197 Å². The lowest BCUT2D eigenvalue weighted by Crippen LogP contribution is -2.21. The van der Waals surface area contributed by atoms with Crippen LogP contribution in [0, 0.1) is 0 Å². The molecule has 0 amide bonds. The summed E-state index contributed by atoms with van der Waals surface area (Å²) in [4.78, 5) is 39.1. The van der Waals surface area contributed by atoms with Crippen molar-refractivity contribution in [1.82, 2.24) is 0 Å². The van der Waals surface area contributed by atoms with E-state index in [2.05, 4.69) is 0 Å². The van der Waals surface area contributed by atoms with E-state index in [9.17, 15) is 14.4 Å². The number of hydrogen-bond acceptors (Lipinski definition) is 3. The van der Waals surface area contributed by atoms with Crippen LogP contribution in [-0.4, -0.2) is 17.3 Å². The molecule has 43 heavy (non-hydrogen) atoms. The molecule has 3 nitrogen and oxygen atoms in total. The summed E-state index contributed by atoms with van der Waals surface area (Å²) in [5.74, 6) is -0.0721. The Morgan fingerprint density at radius 2 is 0.488 bits per heavy atom. The fourth-order valence-electron chi connectivity index (χ4n) is 5.00. The van der Waals surface area contributed by atoms with Crippen LogP contribution in [0.25, 0.3) is 0 Å². The van der Waals surface area contributed by atoms with Crippen LogP contribution in [0.4, 0.5) is 0 Å². The van der Waals surface area contributed by atoms with Crippen LogP contribution in [0.15, 0.2) is 164 Å². The molecule has 6 rings (SSSR count). The maximum absolute atomic E-state index is 13.0. The smallest absolute Gasteiger partial charge is 0.193 e. The van der Waals surface area contributed by atoms with Gasteiger partial charge in [-0.1, -0.05) is 164 Å². The van der Waals surface area contributed by atoms with Gasteiger partial charge in [0.1, 0.15) is 0 Å². The largest absolute Gasteiger partial charge is 0.289 e. The van der Waals surface area contributed by atoms with Gasteiger partial charge in [-0.2, -0.15) is 0 Å². The summed E-state index contributed by atoms with van der Waals surface area (Å²) in [6.45, 7) is 0. The Hall–Kier alpha value is -5.24. The zero-order chi connectivity index (χ0) is 29.6. The summed E-state index contributed by atoms with van der Waals surface area (Å²) < 4.78 is 0. The molecule has 0 aliphatic carbocycles. The summed E-state index contributed by atoms with van der Waals surface area (Å²) in [5.41, 5.74) is 3.81. The van der Waals surface area contributed by atoms with Crippen LogP contribution in [0.1, 0.15) is 47.8 Å². The van der Waals surface area contributed by atoms with Gasteiger partial charge in [0.15, 0.2) is 17.3 Å². The molecule has 0 heterocycles. The van der Waals surface area contributed by atoms with E-state index in [0.717, 1.165) is 15.9 Å². The van der Waals surface area contributed by atoms with Crippen molar-refractivity contribution in [2.45, 2.75) is 0 Å². The standard InChI is InChI=1S/C39H27O3P/c40-37(28-10-4-1-5-11-28)31-16-22-34(23-17-31)43(35-24-18-32(19-25-35)38(41)29-12-6-2-7-13-29)36-26-20-33(21-27-36)39(42)30-14-8-3-9-15-30/h1-27H. The van der Waals surface area contributed by atoms with E-state index < -0.39 is 7.92 Å². The van der Waals surface area contributed by atoms with Gasteiger partial charge in [-0.3, -0.25) is 14.4 Å². The molecule has 0 aliphatic rings. The zero-order valence-electron chi connectivity index (χ0n) is 23.3. The number of benzene rings is 6. The molecule has 0 fully saturated rings. The average Bonchev–Trinajstić information content (AvgIpc) is 3.09. The highest BCUT2D eigenvalue weighted by atomic mass is 31.1. The first-order valence-electron chi connectivity index (χ1n) is 14.0. The lowest BCUT2D eigenvalue weighted by Gasteiger charge is -2.20. The van der Waals surface area contributed by atoms with Gasteiger partial charge in [-0.05, 0) is 23.8 Å². The molecule has 0 aromatic heterocycles. The Morgan fingerprint density at radius 3 is 0.721 bits per heavy atom. The predicted molar refractivity (Wildman–Crippen MR) is 175 cm³/mol. The summed E-state index contributed by atoms with van der Waals surface area (Å²) >= 11 is 0. The Kier molecular flexibility index (Phi) is 8.26. The minimum absolute atomic E-state index is 0.0240. The first-order valence-corrected chi connectivity index (χ1v) is 15.3. The number of carbonyl (C=O) groups excluding carboxylic acids is 3. The van der Waals surface area contributed by atoms with E-state index in [-0.39, 0.29) is 17.3 Å². The van der Waals surface area contributed by atoms with Crippen LogP contribution >= 0.6 is 7.92 Å². The molecule has 6 aromatic carbocycles. The van der Waals surface area contributed by atoms with Crippen molar-refractivity contribution in [2.75, 3.05) is 0 Å². The molecule has 6 aromatic rings. The average molecular weight is 575 g/mol. The predicted octanol–water partition coefficient (Wildman–Crippen LogP) is 7.14. The number of rotatable bonds is 9. The van der Waals surface area contributed by atoms with Gasteiger partial charge in [0, 0.05) is 33.4 Å².